The van der Waals surface area contributed by atoms with Crippen molar-refractivity contribution in [2.45, 2.75) is 33.4 Å². The number of halogens is 1. The van der Waals surface area contributed by atoms with E-state index in [4.69, 9.17) is 9.47 Å². The zero-order valence-electron chi connectivity index (χ0n) is 12.2. The number of hydrogen-bond donors (Lipinski definition) is 1. The first-order valence-corrected chi connectivity index (χ1v) is 6.72. The number of methoxy groups -OCH3 is 1. The van der Waals surface area contributed by atoms with Gasteiger partial charge in [-0.2, -0.15) is 0 Å². The molecule has 1 aromatic rings. The summed E-state index contributed by atoms with van der Waals surface area (Å²) in [5.74, 6) is 0.731. The van der Waals surface area contributed by atoms with Gasteiger partial charge < -0.3 is 14.8 Å². The van der Waals surface area contributed by atoms with Crippen molar-refractivity contribution in [3.63, 3.8) is 0 Å². The summed E-state index contributed by atoms with van der Waals surface area (Å²) in [5.41, 5.74) is 0.642. The summed E-state index contributed by atoms with van der Waals surface area (Å²) in [4.78, 5) is 0. The van der Waals surface area contributed by atoms with Gasteiger partial charge in [-0.3, -0.25) is 0 Å². The van der Waals surface area contributed by atoms with E-state index in [-0.39, 0.29) is 11.9 Å². The fourth-order valence-electron chi connectivity index (χ4n) is 1.77. The van der Waals surface area contributed by atoms with Gasteiger partial charge in [0.15, 0.2) is 0 Å². The maximum atomic E-state index is 13.8. The smallest absolute Gasteiger partial charge is 0.131 e. The van der Waals surface area contributed by atoms with Gasteiger partial charge in [0.25, 0.3) is 0 Å². The summed E-state index contributed by atoms with van der Waals surface area (Å²) in [5, 5.41) is 3.34. The highest BCUT2D eigenvalue weighted by molar-refractivity contribution is 5.28. The first kappa shape index (κ1) is 15.9. The minimum absolute atomic E-state index is 0.224. The molecule has 1 aromatic carbocycles. The largest absolute Gasteiger partial charge is 0.497 e. The van der Waals surface area contributed by atoms with Crippen LogP contribution in [-0.2, 0) is 11.3 Å². The predicted molar refractivity (Wildman–Crippen MR) is 74.9 cm³/mol. The molecule has 0 saturated heterocycles. The Kier molecular flexibility index (Phi) is 6.81. The lowest BCUT2D eigenvalue weighted by Crippen LogP contribution is -2.37. The highest BCUT2D eigenvalue weighted by Crippen LogP contribution is 2.16. The van der Waals surface area contributed by atoms with Gasteiger partial charge in [0.2, 0.25) is 0 Å². The Morgan fingerprint density at radius 3 is 2.58 bits per heavy atom. The molecule has 1 unspecified atom stereocenters. The molecule has 1 N–H and O–H groups in total. The molecule has 0 spiro atoms. The van der Waals surface area contributed by atoms with Crippen molar-refractivity contribution in [2.24, 2.45) is 5.92 Å². The number of ether oxygens (including phenoxy) is 2. The molecule has 0 amide bonds. The summed E-state index contributed by atoms with van der Waals surface area (Å²) < 4.78 is 24.2. The van der Waals surface area contributed by atoms with Crippen LogP contribution in [0.1, 0.15) is 26.3 Å². The monoisotopic (exact) mass is 269 g/mol. The molecule has 19 heavy (non-hydrogen) atoms. The fraction of sp³-hybridized carbons (Fsp3) is 0.600. The van der Waals surface area contributed by atoms with Crippen molar-refractivity contribution in [2.75, 3.05) is 20.3 Å². The average molecular weight is 269 g/mol. The molecule has 0 saturated carbocycles. The van der Waals surface area contributed by atoms with E-state index < -0.39 is 0 Å². The molecule has 4 heteroatoms. The standard InChI is InChI=1S/C15H24FNO2/c1-5-19-10-15(11(2)3)17-9-12-6-7-13(18-4)8-14(12)16/h6-8,11,15,17H,5,9-10H2,1-4H3. The van der Waals surface area contributed by atoms with E-state index in [1.54, 1.807) is 12.1 Å². The summed E-state index contributed by atoms with van der Waals surface area (Å²) in [6, 6.07) is 5.15. The number of rotatable bonds is 8. The normalized spacial score (nSPS) is 12.7. The van der Waals surface area contributed by atoms with Gasteiger partial charge in [0.1, 0.15) is 11.6 Å². The zero-order chi connectivity index (χ0) is 14.3. The molecule has 1 atom stereocenters. The molecule has 0 radical (unpaired) electrons. The summed E-state index contributed by atoms with van der Waals surface area (Å²) in [7, 11) is 1.53. The SMILES string of the molecule is CCOCC(NCc1ccc(OC)cc1F)C(C)C. The molecule has 0 aliphatic carbocycles. The second-order valence-electron chi connectivity index (χ2n) is 4.85. The van der Waals surface area contributed by atoms with Gasteiger partial charge in [-0.1, -0.05) is 19.9 Å². The van der Waals surface area contributed by atoms with Crippen molar-refractivity contribution in [3.8, 4) is 5.75 Å². The first-order chi connectivity index (χ1) is 9.08. The molecule has 108 valence electrons. The van der Waals surface area contributed by atoms with Crippen LogP contribution in [0.15, 0.2) is 18.2 Å². The maximum Gasteiger partial charge on any atom is 0.131 e. The summed E-state index contributed by atoms with van der Waals surface area (Å²) in [6.07, 6.45) is 0. The van der Waals surface area contributed by atoms with E-state index in [0.717, 1.165) is 0 Å². The van der Waals surface area contributed by atoms with E-state index in [2.05, 4.69) is 19.2 Å². The maximum absolute atomic E-state index is 13.8. The Morgan fingerprint density at radius 2 is 2.05 bits per heavy atom. The van der Waals surface area contributed by atoms with Gasteiger partial charge in [0, 0.05) is 30.8 Å². The van der Waals surface area contributed by atoms with Crippen LogP contribution in [0.3, 0.4) is 0 Å². The van der Waals surface area contributed by atoms with Gasteiger partial charge in [0.05, 0.1) is 13.7 Å². The predicted octanol–water partition coefficient (Wildman–Crippen LogP) is 2.99. The lowest BCUT2D eigenvalue weighted by molar-refractivity contribution is 0.107. The van der Waals surface area contributed by atoms with E-state index in [9.17, 15) is 4.39 Å². The topological polar surface area (TPSA) is 30.5 Å². The first-order valence-electron chi connectivity index (χ1n) is 6.72. The van der Waals surface area contributed by atoms with Crippen LogP contribution in [0.25, 0.3) is 0 Å². The summed E-state index contributed by atoms with van der Waals surface area (Å²) >= 11 is 0. The van der Waals surface area contributed by atoms with Crippen molar-refractivity contribution in [1.29, 1.82) is 0 Å². The quantitative estimate of drug-likeness (QED) is 0.787. The number of benzene rings is 1. The molecule has 0 aliphatic rings. The van der Waals surface area contributed by atoms with Crippen molar-refractivity contribution in [1.82, 2.24) is 5.32 Å². The van der Waals surface area contributed by atoms with Gasteiger partial charge in [-0.05, 0) is 18.9 Å². The van der Waals surface area contributed by atoms with E-state index in [1.807, 2.05) is 6.92 Å². The van der Waals surface area contributed by atoms with Gasteiger partial charge >= 0.3 is 0 Å². The zero-order valence-corrected chi connectivity index (χ0v) is 12.2. The Morgan fingerprint density at radius 1 is 1.32 bits per heavy atom. The molecule has 0 bridgehead atoms. The van der Waals surface area contributed by atoms with Crippen LogP contribution in [0.4, 0.5) is 4.39 Å². The van der Waals surface area contributed by atoms with Crippen LogP contribution < -0.4 is 10.1 Å². The third kappa shape index (κ3) is 5.17. The molecular weight excluding hydrogens is 245 g/mol. The third-order valence-corrected chi connectivity index (χ3v) is 3.12. The summed E-state index contributed by atoms with van der Waals surface area (Å²) in [6.45, 7) is 8.06. The van der Waals surface area contributed by atoms with E-state index in [0.29, 0.717) is 37.0 Å². The molecule has 0 heterocycles. The molecule has 0 aromatic heterocycles. The van der Waals surface area contributed by atoms with Gasteiger partial charge in [-0.25, -0.2) is 4.39 Å². The number of nitrogens with one attached hydrogen (secondary N) is 1. The van der Waals surface area contributed by atoms with Crippen LogP contribution in [0, 0.1) is 11.7 Å². The second-order valence-corrected chi connectivity index (χ2v) is 4.85. The lowest BCUT2D eigenvalue weighted by Gasteiger charge is -2.22. The Balaban J connectivity index is 2.58. The highest BCUT2D eigenvalue weighted by Gasteiger charge is 2.13. The van der Waals surface area contributed by atoms with E-state index >= 15 is 0 Å². The van der Waals surface area contributed by atoms with Crippen molar-refractivity contribution < 1.29 is 13.9 Å². The minimum Gasteiger partial charge on any atom is -0.497 e. The second kappa shape index (κ2) is 8.12. The number of hydrogen-bond acceptors (Lipinski definition) is 3. The molecule has 3 nitrogen and oxygen atoms in total. The lowest BCUT2D eigenvalue weighted by atomic mass is 10.0. The van der Waals surface area contributed by atoms with Crippen molar-refractivity contribution >= 4 is 0 Å². The van der Waals surface area contributed by atoms with E-state index in [1.165, 1.54) is 13.2 Å². The fourth-order valence-corrected chi connectivity index (χ4v) is 1.77. The van der Waals surface area contributed by atoms with Crippen LogP contribution in [0.5, 0.6) is 5.75 Å². The third-order valence-electron chi connectivity index (χ3n) is 3.12. The van der Waals surface area contributed by atoms with Gasteiger partial charge in [-0.15, -0.1) is 0 Å². The Hall–Kier alpha value is -1.13. The Labute approximate surface area is 115 Å². The van der Waals surface area contributed by atoms with Crippen molar-refractivity contribution in [3.05, 3.63) is 29.6 Å². The van der Waals surface area contributed by atoms with Crippen LogP contribution in [-0.4, -0.2) is 26.4 Å². The molecule has 1 rings (SSSR count). The highest BCUT2D eigenvalue weighted by atomic mass is 19.1. The molecule has 0 fully saturated rings. The van der Waals surface area contributed by atoms with Crippen LogP contribution >= 0.6 is 0 Å². The Bertz CT molecular complexity index is 382. The minimum atomic E-state index is -0.245. The van der Waals surface area contributed by atoms with Crippen LogP contribution in [0.2, 0.25) is 0 Å². The molecular formula is C15H24FNO2. The molecule has 0 aliphatic heterocycles. The average Bonchev–Trinajstić information content (AvgIpc) is 2.39.